The first-order valence-electron chi connectivity index (χ1n) is 9.82. The largest absolute Gasteiger partial charge is 0.273 e. The summed E-state index contributed by atoms with van der Waals surface area (Å²) in [6.07, 6.45) is 1.87. The van der Waals surface area contributed by atoms with Crippen molar-refractivity contribution in [2.45, 2.75) is 6.92 Å². The Bertz CT molecular complexity index is 1370. The molecule has 0 aliphatic carbocycles. The third-order valence-electron chi connectivity index (χ3n) is 5.38. The molecule has 1 fully saturated rings. The molecule has 4 aromatic rings. The maximum atomic E-state index is 13.2. The van der Waals surface area contributed by atoms with Gasteiger partial charge in [-0.05, 0) is 58.3 Å². The molecule has 4 aromatic carbocycles. The summed E-state index contributed by atoms with van der Waals surface area (Å²) in [6.45, 7) is 1.95. The van der Waals surface area contributed by atoms with E-state index in [1.807, 2.05) is 61.5 Å². The molecule has 0 spiro atoms. The molecule has 0 unspecified atom stereocenters. The van der Waals surface area contributed by atoms with E-state index < -0.39 is 5.91 Å². The second kappa shape index (κ2) is 7.76. The van der Waals surface area contributed by atoms with Crippen molar-refractivity contribution in [2.24, 2.45) is 0 Å². The molecule has 2 amide bonds. The first-order valence-corrected chi connectivity index (χ1v) is 11.0. The molecule has 0 saturated carbocycles. The lowest BCUT2D eigenvalue weighted by Gasteiger charge is -2.12. The van der Waals surface area contributed by atoms with Crippen LogP contribution in [0.15, 0.2) is 83.8 Å². The van der Waals surface area contributed by atoms with Crippen molar-refractivity contribution in [1.29, 1.82) is 0 Å². The highest BCUT2D eigenvalue weighted by molar-refractivity contribution is 8.26. The summed E-state index contributed by atoms with van der Waals surface area (Å²) in [7, 11) is 0. The molecule has 5 heteroatoms. The summed E-state index contributed by atoms with van der Waals surface area (Å²) in [5.74, 6) is -0.772. The van der Waals surface area contributed by atoms with Gasteiger partial charge >= 0.3 is 0 Å². The Labute approximate surface area is 189 Å². The van der Waals surface area contributed by atoms with Crippen molar-refractivity contribution in [2.75, 3.05) is 0 Å². The monoisotopic (exact) mass is 439 g/mol. The number of nitrogens with zero attached hydrogens (tertiary/aromatic N) is 1. The number of aryl methyl sites for hydroxylation is 1. The van der Waals surface area contributed by atoms with E-state index in [-0.39, 0.29) is 10.2 Å². The number of carbonyl (C=O) groups excluding carboxylic acids is 2. The fourth-order valence-corrected chi connectivity index (χ4v) is 5.04. The molecule has 5 rings (SSSR count). The van der Waals surface area contributed by atoms with E-state index in [9.17, 15) is 9.59 Å². The van der Waals surface area contributed by atoms with Gasteiger partial charge in [-0.15, -0.1) is 0 Å². The van der Waals surface area contributed by atoms with Crippen LogP contribution in [0.5, 0.6) is 0 Å². The molecule has 1 aliphatic rings. The van der Waals surface area contributed by atoms with E-state index in [4.69, 9.17) is 12.2 Å². The zero-order valence-electron chi connectivity index (χ0n) is 16.7. The zero-order chi connectivity index (χ0) is 21.5. The Morgan fingerprint density at radius 1 is 0.903 bits per heavy atom. The molecule has 0 N–H and O–H groups in total. The molecular formula is C26H17NO2S2. The number of carbonyl (C=O) groups is 2. The summed E-state index contributed by atoms with van der Waals surface area (Å²) in [6, 6.07) is 25.5. The maximum absolute atomic E-state index is 13.2. The number of thioether (sulfide) groups is 1. The van der Waals surface area contributed by atoms with E-state index in [2.05, 4.69) is 18.2 Å². The topological polar surface area (TPSA) is 37.4 Å². The standard InChI is InChI=1S/C26H17NO2S2/c1-16-10-12-17(13-11-16)24(28)27-25(29)23(31-26(27)30)15-22-20-8-4-2-6-18(20)14-19-7-3-5-9-21(19)22/h2-15H,1H3/b23-15-. The van der Waals surface area contributed by atoms with Crippen LogP contribution < -0.4 is 0 Å². The first kappa shape index (κ1) is 19.7. The normalized spacial score (nSPS) is 15.4. The van der Waals surface area contributed by atoms with Crippen LogP contribution >= 0.6 is 24.0 Å². The van der Waals surface area contributed by atoms with E-state index in [0.717, 1.165) is 37.6 Å². The van der Waals surface area contributed by atoms with Crippen molar-refractivity contribution in [1.82, 2.24) is 4.90 Å². The van der Waals surface area contributed by atoms with Gasteiger partial charge in [0.05, 0.1) is 4.91 Å². The number of hydrogen-bond acceptors (Lipinski definition) is 4. The van der Waals surface area contributed by atoms with Crippen molar-refractivity contribution >= 4 is 67.7 Å². The highest BCUT2D eigenvalue weighted by Gasteiger charge is 2.37. The third-order valence-corrected chi connectivity index (χ3v) is 6.69. The maximum Gasteiger partial charge on any atom is 0.273 e. The van der Waals surface area contributed by atoms with Crippen molar-refractivity contribution < 1.29 is 9.59 Å². The zero-order valence-corrected chi connectivity index (χ0v) is 18.3. The molecule has 3 nitrogen and oxygen atoms in total. The number of thiocarbonyl (C=S) groups is 1. The molecule has 0 bridgehead atoms. The van der Waals surface area contributed by atoms with Crippen LogP contribution in [0.25, 0.3) is 27.6 Å². The molecule has 0 atom stereocenters. The summed E-state index contributed by atoms with van der Waals surface area (Å²) < 4.78 is 0.256. The highest BCUT2D eigenvalue weighted by atomic mass is 32.2. The van der Waals surface area contributed by atoms with Crippen LogP contribution in [0.1, 0.15) is 21.5 Å². The minimum Gasteiger partial charge on any atom is -0.268 e. The minimum absolute atomic E-state index is 0.256. The van der Waals surface area contributed by atoms with E-state index in [0.29, 0.717) is 10.5 Å². The Kier molecular flexibility index (Phi) is 4.93. The molecule has 1 aliphatic heterocycles. The number of rotatable bonds is 2. The lowest BCUT2D eigenvalue weighted by molar-refractivity contribution is -0.120. The number of fused-ring (bicyclic) bond motifs is 2. The minimum atomic E-state index is -0.395. The Hall–Kier alpha value is -3.28. The van der Waals surface area contributed by atoms with Crippen LogP contribution in [0.4, 0.5) is 0 Å². The Morgan fingerprint density at radius 2 is 1.48 bits per heavy atom. The van der Waals surface area contributed by atoms with Gasteiger partial charge in [0.25, 0.3) is 11.8 Å². The van der Waals surface area contributed by atoms with Crippen LogP contribution in [-0.4, -0.2) is 21.0 Å². The Balaban J connectivity index is 1.61. The van der Waals surface area contributed by atoms with Crippen LogP contribution in [0, 0.1) is 6.92 Å². The van der Waals surface area contributed by atoms with E-state index >= 15 is 0 Å². The molecule has 31 heavy (non-hydrogen) atoms. The number of hydrogen-bond donors (Lipinski definition) is 0. The van der Waals surface area contributed by atoms with Gasteiger partial charge in [0.1, 0.15) is 0 Å². The van der Waals surface area contributed by atoms with Crippen molar-refractivity contribution in [3.63, 3.8) is 0 Å². The van der Waals surface area contributed by atoms with Gasteiger partial charge in [-0.2, -0.15) is 0 Å². The van der Waals surface area contributed by atoms with Gasteiger partial charge < -0.3 is 0 Å². The molecule has 0 aromatic heterocycles. The van der Waals surface area contributed by atoms with Gasteiger partial charge in [-0.3, -0.25) is 9.59 Å². The van der Waals surface area contributed by atoms with Gasteiger partial charge in [0.2, 0.25) is 0 Å². The van der Waals surface area contributed by atoms with Crippen LogP contribution in [0.3, 0.4) is 0 Å². The number of imide groups is 1. The van der Waals surface area contributed by atoms with Crippen molar-refractivity contribution in [3.05, 3.63) is 100 Å². The first-order chi connectivity index (χ1) is 15.0. The van der Waals surface area contributed by atoms with Gasteiger partial charge in [-0.25, -0.2) is 4.90 Å². The van der Waals surface area contributed by atoms with Gasteiger partial charge in [-0.1, -0.05) is 90.2 Å². The fourth-order valence-electron chi connectivity index (χ4n) is 3.80. The summed E-state index contributed by atoms with van der Waals surface area (Å²) >= 11 is 6.58. The molecule has 150 valence electrons. The summed E-state index contributed by atoms with van der Waals surface area (Å²) in [4.78, 5) is 27.7. The molecule has 1 saturated heterocycles. The predicted molar refractivity (Wildman–Crippen MR) is 132 cm³/mol. The quantitative estimate of drug-likeness (QED) is 0.158. The van der Waals surface area contributed by atoms with Crippen LogP contribution in [-0.2, 0) is 4.79 Å². The lowest BCUT2D eigenvalue weighted by Crippen LogP contribution is -2.34. The smallest absolute Gasteiger partial charge is 0.268 e. The second-order valence-electron chi connectivity index (χ2n) is 7.42. The van der Waals surface area contributed by atoms with E-state index in [1.165, 1.54) is 11.8 Å². The summed E-state index contributed by atoms with van der Waals surface area (Å²) in [5.41, 5.74) is 2.44. The van der Waals surface area contributed by atoms with Crippen LogP contribution in [0.2, 0.25) is 0 Å². The SMILES string of the molecule is Cc1ccc(C(=O)N2C(=O)/C(=C/c3c4ccccc4cc4ccccc34)SC2=S)cc1. The predicted octanol–water partition coefficient (Wildman–Crippen LogP) is 6.34. The number of amides is 2. The average Bonchev–Trinajstić information content (AvgIpc) is 3.06. The summed E-state index contributed by atoms with van der Waals surface area (Å²) in [5, 5.41) is 4.30. The third kappa shape index (κ3) is 3.46. The fraction of sp³-hybridized carbons (Fsp3) is 0.0385. The molecular weight excluding hydrogens is 422 g/mol. The second-order valence-corrected chi connectivity index (χ2v) is 9.10. The lowest BCUT2D eigenvalue weighted by atomic mass is 9.96. The highest BCUT2D eigenvalue weighted by Crippen LogP contribution is 2.37. The molecule has 0 radical (unpaired) electrons. The average molecular weight is 440 g/mol. The number of benzene rings is 4. The van der Waals surface area contributed by atoms with E-state index in [1.54, 1.807) is 12.1 Å². The Morgan fingerprint density at radius 3 is 2.10 bits per heavy atom. The molecule has 1 heterocycles. The van der Waals surface area contributed by atoms with Gasteiger partial charge in [0.15, 0.2) is 4.32 Å². The van der Waals surface area contributed by atoms with Crippen molar-refractivity contribution in [3.8, 4) is 0 Å². The van der Waals surface area contributed by atoms with Gasteiger partial charge in [0, 0.05) is 5.56 Å².